The van der Waals surface area contributed by atoms with Crippen molar-refractivity contribution in [1.82, 2.24) is 0 Å². The third kappa shape index (κ3) is 0.743. The molecule has 0 saturated carbocycles. The van der Waals surface area contributed by atoms with Gasteiger partial charge in [0.15, 0.2) is 5.09 Å². The summed E-state index contributed by atoms with van der Waals surface area (Å²) in [4.78, 5) is 0. The molecule has 0 amide bonds. The van der Waals surface area contributed by atoms with Gasteiger partial charge in [0.2, 0.25) is 0 Å². The zero-order valence-corrected chi connectivity index (χ0v) is 6.27. The van der Waals surface area contributed by atoms with Crippen molar-refractivity contribution in [2.45, 2.75) is 5.09 Å². The summed E-state index contributed by atoms with van der Waals surface area (Å²) >= 11 is 1.57. The molecule has 0 aliphatic carbocycles. The van der Waals surface area contributed by atoms with Crippen LogP contribution in [0.4, 0.5) is 0 Å². The standard InChI is InChI=1S/C7H6O2S/c1-10-6-4-5-2-3-8-7(5)9-6/h2-4H,1H3. The van der Waals surface area contributed by atoms with Gasteiger partial charge in [-0.1, -0.05) is 11.8 Å². The van der Waals surface area contributed by atoms with Gasteiger partial charge in [-0.15, -0.1) is 0 Å². The van der Waals surface area contributed by atoms with E-state index in [1.165, 1.54) is 0 Å². The Kier molecular flexibility index (Phi) is 1.24. The van der Waals surface area contributed by atoms with E-state index in [1.807, 2.05) is 18.4 Å². The van der Waals surface area contributed by atoms with Gasteiger partial charge in [-0.05, 0) is 12.3 Å². The van der Waals surface area contributed by atoms with Crippen molar-refractivity contribution in [3.63, 3.8) is 0 Å². The fraction of sp³-hybridized carbons (Fsp3) is 0.143. The van der Waals surface area contributed by atoms with Crippen LogP contribution < -0.4 is 0 Å². The Morgan fingerprint density at radius 3 is 3.10 bits per heavy atom. The van der Waals surface area contributed by atoms with Crippen LogP contribution in [0.1, 0.15) is 0 Å². The summed E-state index contributed by atoms with van der Waals surface area (Å²) in [7, 11) is 0. The van der Waals surface area contributed by atoms with Crippen LogP contribution in [0.2, 0.25) is 0 Å². The molecule has 0 unspecified atom stereocenters. The molecule has 2 aromatic heterocycles. The summed E-state index contributed by atoms with van der Waals surface area (Å²) < 4.78 is 10.3. The maximum absolute atomic E-state index is 5.25. The van der Waals surface area contributed by atoms with E-state index in [2.05, 4.69) is 0 Å². The average Bonchev–Trinajstić information content (AvgIpc) is 2.42. The Morgan fingerprint density at radius 1 is 1.50 bits per heavy atom. The molecule has 0 aromatic carbocycles. The Bertz CT molecular complexity index is 305. The third-order valence-corrected chi connectivity index (χ3v) is 1.93. The molecule has 0 fully saturated rings. The molecule has 52 valence electrons. The van der Waals surface area contributed by atoms with Crippen molar-refractivity contribution in [2.24, 2.45) is 0 Å². The van der Waals surface area contributed by atoms with Crippen LogP contribution in [-0.4, -0.2) is 6.26 Å². The SMILES string of the molecule is CSc1cc2ccoc2o1. The summed E-state index contributed by atoms with van der Waals surface area (Å²) in [5, 5.41) is 1.93. The molecule has 0 aliphatic rings. The number of furan rings is 2. The first-order valence-electron chi connectivity index (χ1n) is 2.91. The summed E-state index contributed by atoms with van der Waals surface area (Å²) in [5.41, 5.74) is 0. The predicted octanol–water partition coefficient (Wildman–Crippen LogP) is 2.75. The Morgan fingerprint density at radius 2 is 2.40 bits per heavy atom. The highest BCUT2D eigenvalue weighted by molar-refractivity contribution is 7.98. The molecular formula is C7H6O2S. The molecule has 3 heteroatoms. The van der Waals surface area contributed by atoms with Crippen LogP contribution in [-0.2, 0) is 0 Å². The van der Waals surface area contributed by atoms with Gasteiger partial charge in [-0.2, -0.15) is 0 Å². The topological polar surface area (TPSA) is 26.3 Å². The van der Waals surface area contributed by atoms with Gasteiger partial charge in [-0.3, -0.25) is 0 Å². The van der Waals surface area contributed by atoms with Crippen molar-refractivity contribution in [1.29, 1.82) is 0 Å². The fourth-order valence-electron chi connectivity index (χ4n) is 0.844. The highest BCUT2D eigenvalue weighted by atomic mass is 32.2. The number of hydrogen-bond acceptors (Lipinski definition) is 3. The minimum absolute atomic E-state index is 0.615. The van der Waals surface area contributed by atoms with Crippen molar-refractivity contribution in [3.05, 3.63) is 18.4 Å². The minimum atomic E-state index is 0.615. The van der Waals surface area contributed by atoms with Crippen molar-refractivity contribution >= 4 is 22.9 Å². The smallest absolute Gasteiger partial charge is 0.298 e. The van der Waals surface area contributed by atoms with E-state index < -0.39 is 0 Å². The zero-order valence-electron chi connectivity index (χ0n) is 5.46. The number of rotatable bonds is 1. The van der Waals surface area contributed by atoms with E-state index in [4.69, 9.17) is 8.83 Å². The second-order valence-electron chi connectivity index (χ2n) is 1.93. The van der Waals surface area contributed by atoms with E-state index in [1.54, 1.807) is 18.0 Å². The van der Waals surface area contributed by atoms with Crippen LogP contribution in [0.25, 0.3) is 11.2 Å². The van der Waals surface area contributed by atoms with E-state index in [9.17, 15) is 0 Å². The number of fused-ring (bicyclic) bond motifs is 1. The largest absolute Gasteiger partial charge is 0.433 e. The molecule has 0 spiro atoms. The molecule has 0 radical (unpaired) electrons. The lowest BCUT2D eigenvalue weighted by atomic mass is 10.4. The molecule has 2 nitrogen and oxygen atoms in total. The summed E-state index contributed by atoms with van der Waals surface area (Å²) in [6, 6.07) is 3.85. The third-order valence-electron chi connectivity index (χ3n) is 1.33. The minimum Gasteiger partial charge on any atom is -0.433 e. The van der Waals surface area contributed by atoms with Gasteiger partial charge in [0.25, 0.3) is 5.78 Å². The Labute approximate surface area is 62.2 Å². The molecule has 2 aromatic rings. The Hall–Kier alpha value is -0.830. The molecule has 0 N–H and O–H groups in total. The molecule has 2 rings (SSSR count). The first kappa shape index (κ1) is 5.92. The fourth-order valence-corrected chi connectivity index (χ4v) is 1.25. The first-order chi connectivity index (χ1) is 4.90. The normalized spacial score (nSPS) is 10.9. The van der Waals surface area contributed by atoms with Crippen molar-refractivity contribution in [3.8, 4) is 0 Å². The molecule has 2 heterocycles. The van der Waals surface area contributed by atoms with Gasteiger partial charge in [-0.25, -0.2) is 0 Å². The second-order valence-corrected chi connectivity index (χ2v) is 2.74. The number of thioether (sulfide) groups is 1. The van der Waals surface area contributed by atoms with Crippen LogP contribution in [0.15, 0.2) is 32.3 Å². The van der Waals surface area contributed by atoms with Crippen LogP contribution >= 0.6 is 11.8 Å². The van der Waals surface area contributed by atoms with Crippen molar-refractivity contribution < 1.29 is 8.83 Å². The average molecular weight is 154 g/mol. The van der Waals surface area contributed by atoms with Gasteiger partial charge in [0, 0.05) is 6.07 Å². The maximum Gasteiger partial charge on any atom is 0.298 e. The highest BCUT2D eigenvalue weighted by Crippen LogP contribution is 2.25. The summed E-state index contributed by atoms with van der Waals surface area (Å²) in [6.07, 6.45) is 3.59. The van der Waals surface area contributed by atoms with Gasteiger partial charge in [0.1, 0.15) is 0 Å². The zero-order chi connectivity index (χ0) is 6.97. The number of hydrogen-bond donors (Lipinski definition) is 0. The maximum atomic E-state index is 5.25. The van der Waals surface area contributed by atoms with E-state index in [0.29, 0.717) is 5.78 Å². The lowest BCUT2D eigenvalue weighted by molar-refractivity contribution is 0.426. The van der Waals surface area contributed by atoms with Crippen molar-refractivity contribution in [2.75, 3.05) is 6.26 Å². The molecule has 10 heavy (non-hydrogen) atoms. The molecule has 0 atom stereocenters. The first-order valence-corrected chi connectivity index (χ1v) is 4.13. The molecule has 0 saturated heterocycles. The van der Waals surface area contributed by atoms with Gasteiger partial charge >= 0.3 is 0 Å². The van der Waals surface area contributed by atoms with E-state index >= 15 is 0 Å². The lowest BCUT2D eigenvalue weighted by Crippen LogP contribution is -1.52. The quantitative estimate of drug-likeness (QED) is 0.591. The summed E-state index contributed by atoms with van der Waals surface area (Å²) in [5.74, 6) is 0.615. The molecular weight excluding hydrogens is 148 g/mol. The van der Waals surface area contributed by atoms with E-state index in [0.717, 1.165) is 10.5 Å². The van der Waals surface area contributed by atoms with Crippen LogP contribution in [0.5, 0.6) is 0 Å². The lowest BCUT2D eigenvalue weighted by Gasteiger charge is -1.80. The highest BCUT2D eigenvalue weighted by Gasteiger charge is 2.03. The second kappa shape index (κ2) is 2.09. The van der Waals surface area contributed by atoms with Gasteiger partial charge in [0.05, 0.1) is 11.6 Å². The molecule has 0 aliphatic heterocycles. The summed E-state index contributed by atoms with van der Waals surface area (Å²) in [6.45, 7) is 0. The predicted molar refractivity (Wildman–Crippen MR) is 40.3 cm³/mol. The van der Waals surface area contributed by atoms with Crippen LogP contribution in [0, 0.1) is 0 Å². The van der Waals surface area contributed by atoms with Crippen LogP contribution in [0.3, 0.4) is 0 Å². The molecule has 0 bridgehead atoms. The van der Waals surface area contributed by atoms with E-state index in [-0.39, 0.29) is 0 Å². The monoisotopic (exact) mass is 154 g/mol. The van der Waals surface area contributed by atoms with Gasteiger partial charge < -0.3 is 8.83 Å². The Balaban J connectivity index is 2.67.